The molecule has 1 aliphatic carbocycles. The second kappa shape index (κ2) is 7.95. The van der Waals surface area contributed by atoms with Gasteiger partial charge in [-0.05, 0) is 41.7 Å². The molecule has 0 radical (unpaired) electrons. The van der Waals surface area contributed by atoms with Crippen molar-refractivity contribution in [3.05, 3.63) is 35.2 Å². The summed E-state index contributed by atoms with van der Waals surface area (Å²) >= 11 is 0. The van der Waals surface area contributed by atoms with Gasteiger partial charge in [-0.2, -0.15) is 13.2 Å². The molecule has 7 nitrogen and oxygen atoms in total. The van der Waals surface area contributed by atoms with Gasteiger partial charge in [0.2, 0.25) is 5.89 Å². The third kappa shape index (κ3) is 5.11. The van der Waals surface area contributed by atoms with Crippen LogP contribution in [0, 0.1) is 6.92 Å². The quantitative estimate of drug-likeness (QED) is 0.517. The zero-order valence-corrected chi connectivity index (χ0v) is 18.9. The summed E-state index contributed by atoms with van der Waals surface area (Å²) in [6.45, 7) is 6.64. The minimum atomic E-state index is -4.33. The van der Waals surface area contributed by atoms with Crippen LogP contribution < -0.4 is 5.32 Å². The predicted molar refractivity (Wildman–Crippen MR) is 117 cm³/mol. The van der Waals surface area contributed by atoms with Crippen LogP contribution >= 0.6 is 0 Å². The molecule has 2 heterocycles. The molecule has 10 heteroatoms. The zero-order valence-electron chi connectivity index (χ0n) is 18.9. The van der Waals surface area contributed by atoms with E-state index in [1.54, 1.807) is 18.2 Å². The number of pyridine rings is 1. The lowest BCUT2D eigenvalue weighted by molar-refractivity contribution is -0.115. The largest absolute Gasteiger partial charge is 0.419 e. The van der Waals surface area contributed by atoms with Crippen molar-refractivity contribution in [2.24, 2.45) is 0 Å². The maximum absolute atomic E-state index is 12.7. The normalized spacial score (nSPS) is 21.3. The number of alkyl halides is 3. The molecule has 33 heavy (non-hydrogen) atoms. The van der Waals surface area contributed by atoms with Gasteiger partial charge < -0.3 is 19.9 Å². The van der Waals surface area contributed by atoms with Crippen LogP contribution in [-0.2, 0) is 11.8 Å². The van der Waals surface area contributed by atoms with E-state index < -0.39 is 24.4 Å². The fourth-order valence-electron chi connectivity index (χ4n) is 4.15. The molecule has 3 aromatic rings. The Labute approximate surface area is 189 Å². The van der Waals surface area contributed by atoms with Crippen molar-refractivity contribution in [3.63, 3.8) is 0 Å². The van der Waals surface area contributed by atoms with E-state index in [2.05, 4.69) is 15.5 Å². The number of aromatic nitrogens is 3. The van der Waals surface area contributed by atoms with Gasteiger partial charge >= 0.3 is 6.18 Å². The maximum Gasteiger partial charge on any atom is 0.405 e. The highest BCUT2D eigenvalue weighted by molar-refractivity contribution is 5.90. The zero-order chi connectivity index (χ0) is 24.2. The second-order valence-electron chi connectivity index (χ2n) is 9.93. The highest BCUT2D eigenvalue weighted by atomic mass is 19.4. The number of rotatable bonds is 5. The number of fused-ring (bicyclic) bond motifs is 1. The number of aryl methyl sites for hydroxylation is 1. The molecule has 1 aromatic carbocycles. The van der Waals surface area contributed by atoms with Gasteiger partial charge in [0.1, 0.15) is 12.2 Å². The van der Waals surface area contributed by atoms with E-state index in [9.17, 15) is 23.4 Å². The summed E-state index contributed by atoms with van der Waals surface area (Å²) in [6.07, 6.45) is -4.18. The summed E-state index contributed by atoms with van der Waals surface area (Å²) in [7, 11) is 0. The van der Waals surface area contributed by atoms with Gasteiger partial charge in [-0.25, -0.2) is 4.98 Å². The van der Waals surface area contributed by atoms with Crippen LogP contribution in [0.1, 0.15) is 50.6 Å². The van der Waals surface area contributed by atoms with Crippen LogP contribution in [0.5, 0.6) is 0 Å². The summed E-state index contributed by atoms with van der Waals surface area (Å²) in [5.74, 6) is 0.444. The molecule has 0 bridgehead atoms. The molecule has 0 amide bonds. The van der Waals surface area contributed by atoms with Crippen LogP contribution in [-0.4, -0.2) is 49.8 Å². The number of hydrogen-bond acceptors (Lipinski definition) is 7. The van der Waals surface area contributed by atoms with Crippen molar-refractivity contribution < 1.29 is 27.8 Å². The molecule has 178 valence electrons. The number of aliphatic hydroxyl groups is 2. The average Bonchev–Trinajstić information content (AvgIpc) is 3.11. The van der Waals surface area contributed by atoms with Gasteiger partial charge in [0, 0.05) is 23.9 Å². The Balaban J connectivity index is 1.72. The van der Waals surface area contributed by atoms with E-state index in [-0.39, 0.29) is 36.5 Å². The van der Waals surface area contributed by atoms with Gasteiger partial charge in [0.25, 0.3) is 5.89 Å². The Morgan fingerprint density at radius 1 is 1.15 bits per heavy atom. The van der Waals surface area contributed by atoms with Gasteiger partial charge in [0.15, 0.2) is 0 Å². The molecule has 1 fully saturated rings. The second-order valence-corrected chi connectivity index (χ2v) is 9.93. The molecule has 0 saturated heterocycles. The molecular weight excluding hydrogens is 437 g/mol. The van der Waals surface area contributed by atoms with Gasteiger partial charge in [-0.1, -0.05) is 20.8 Å². The Hall–Kier alpha value is -2.72. The van der Waals surface area contributed by atoms with E-state index in [0.29, 0.717) is 16.9 Å². The van der Waals surface area contributed by atoms with Gasteiger partial charge in [-0.3, -0.25) is 0 Å². The lowest BCUT2D eigenvalue weighted by atomic mass is 9.75. The highest BCUT2D eigenvalue weighted by Crippen LogP contribution is 2.37. The van der Waals surface area contributed by atoms with Crippen LogP contribution in [0.4, 0.5) is 18.9 Å². The van der Waals surface area contributed by atoms with Crippen molar-refractivity contribution in [1.29, 1.82) is 0 Å². The number of aliphatic hydroxyl groups excluding tert-OH is 1. The standard InChI is InChI=1S/C23H27F3N4O3/c1-12-5-17(20-30-29-18(33-20)10-22(32)8-14(31)9-22)28-19-15(12)6-13(27-11-23(24,25)26)7-16(19)21(2,3)4/h5-7,14,27,31-32H,8-11H2,1-4H3. The summed E-state index contributed by atoms with van der Waals surface area (Å²) < 4.78 is 43.9. The molecule has 2 aromatic heterocycles. The molecule has 0 spiro atoms. The van der Waals surface area contributed by atoms with Crippen LogP contribution in [0.25, 0.3) is 22.5 Å². The minimum absolute atomic E-state index is 0.144. The van der Waals surface area contributed by atoms with E-state index in [1.807, 2.05) is 27.7 Å². The Morgan fingerprint density at radius 3 is 2.45 bits per heavy atom. The van der Waals surface area contributed by atoms with Crippen LogP contribution in [0.2, 0.25) is 0 Å². The summed E-state index contributed by atoms with van der Waals surface area (Å²) in [5.41, 5.74) is 1.62. The first-order chi connectivity index (χ1) is 15.2. The topological polar surface area (TPSA) is 104 Å². The molecule has 4 rings (SSSR count). The first-order valence-corrected chi connectivity index (χ1v) is 10.7. The number of halogens is 3. The summed E-state index contributed by atoms with van der Waals surface area (Å²) in [5, 5.41) is 31.1. The third-order valence-corrected chi connectivity index (χ3v) is 5.82. The molecule has 1 aliphatic rings. The molecule has 0 aliphatic heterocycles. The predicted octanol–water partition coefficient (Wildman–Crippen LogP) is 4.29. The molecule has 0 unspecified atom stereocenters. The first kappa shape index (κ1) is 23.4. The van der Waals surface area contributed by atoms with E-state index in [1.165, 1.54) is 0 Å². The van der Waals surface area contributed by atoms with Crippen molar-refractivity contribution >= 4 is 16.6 Å². The summed E-state index contributed by atoms with van der Waals surface area (Å²) in [4.78, 5) is 4.73. The SMILES string of the molecule is Cc1cc(-c2nnc(CC3(O)CC(O)C3)o2)nc2c(C(C)(C)C)cc(NCC(F)(F)F)cc12. The smallest absolute Gasteiger partial charge is 0.405 e. The Bertz CT molecular complexity index is 1180. The van der Waals surface area contributed by atoms with Crippen LogP contribution in [0.15, 0.2) is 22.6 Å². The lowest BCUT2D eigenvalue weighted by Crippen LogP contribution is -2.48. The molecule has 3 N–H and O–H groups in total. The Morgan fingerprint density at radius 2 is 1.85 bits per heavy atom. The minimum Gasteiger partial charge on any atom is -0.419 e. The number of anilines is 1. The molecular formula is C23H27F3N4O3. The van der Waals surface area contributed by atoms with Gasteiger partial charge in [-0.15, -0.1) is 10.2 Å². The van der Waals surface area contributed by atoms with Crippen molar-refractivity contribution in [3.8, 4) is 11.6 Å². The fraction of sp³-hybridized carbons (Fsp3) is 0.522. The number of nitrogens with zero attached hydrogens (tertiary/aromatic N) is 3. The van der Waals surface area contributed by atoms with E-state index in [4.69, 9.17) is 9.40 Å². The monoisotopic (exact) mass is 464 g/mol. The fourth-order valence-corrected chi connectivity index (χ4v) is 4.15. The van der Waals surface area contributed by atoms with Gasteiger partial charge in [0.05, 0.1) is 23.6 Å². The number of nitrogens with one attached hydrogen (secondary N) is 1. The lowest BCUT2D eigenvalue weighted by Gasteiger charge is -2.39. The Kier molecular flexibility index (Phi) is 5.65. The van der Waals surface area contributed by atoms with E-state index >= 15 is 0 Å². The molecule has 1 saturated carbocycles. The van der Waals surface area contributed by atoms with Crippen molar-refractivity contribution in [2.75, 3.05) is 11.9 Å². The maximum atomic E-state index is 12.7. The summed E-state index contributed by atoms with van der Waals surface area (Å²) in [6, 6.07) is 5.11. The molecule has 0 atom stereocenters. The number of benzene rings is 1. The highest BCUT2D eigenvalue weighted by Gasteiger charge is 2.43. The third-order valence-electron chi connectivity index (χ3n) is 5.82. The van der Waals surface area contributed by atoms with Crippen molar-refractivity contribution in [2.45, 2.75) is 70.3 Å². The van der Waals surface area contributed by atoms with Crippen LogP contribution in [0.3, 0.4) is 0 Å². The van der Waals surface area contributed by atoms with Crippen molar-refractivity contribution in [1.82, 2.24) is 15.2 Å². The average molecular weight is 464 g/mol. The number of hydrogen-bond donors (Lipinski definition) is 3. The first-order valence-electron chi connectivity index (χ1n) is 10.7. The van der Waals surface area contributed by atoms with E-state index in [0.717, 1.165) is 16.5 Å².